The van der Waals surface area contributed by atoms with Crippen LogP contribution in [-0.2, 0) is 9.53 Å². The van der Waals surface area contributed by atoms with E-state index < -0.39 is 11.7 Å². The zero-order valence-corrected chi connectivity index (χ0v) is 13.3. The Hall–Kier alpha value is -1.43. The Kier molecular flexibility index (Phi) is 4.13. The molecule has 1 aromatic rings. The van der Waals surface area contributed by atoms with Crippen molar-refractivity contribution in [2.75, 3.05) is 6.54 Å². The van der Waals surface area contributed by atoms with Gasteiger partial charge >= 0.3 is 6.09 Å². The summed E-state index contributed by atoms with van der Waals surface area (Å²) in [5.74, 6) is -0.607. The summed E-state index contributed by atoms with van der Waals surface area (Å²) in [4.78, 5) is 29.6. The van der Waals surface area contributed by atoms with Crippen LogP contribution < -0.4 is 0 Å². The minimum atomic E-state index is -0.606. The molecule has 1 aromatic heterocycles. The summed E-state index contributed by atoms with van der Waals surface area (Å²) in [5.41, 5.74) is 0.0787. The number of hydrogen-bond donors (Lipinski definition) is 0. The maximum atomic E-state index is 12.3. The van der Waals surface area contributed by atoms with Gasteiger partial charge < -0.3 is 4.74 Å². The normalized spacial score (nSPS) is 19.3. The van der Waals surface area contributed by atoms with Gasteiger partial charge in [0.05, 0.1) is 11.6 Å². The number of aromatic nitrogens is 1. The molecule has 1 aliphatic heterocycles. The summed E-state index contributed by atoms with van der Waals surface area (Å²) < 4.78 is 6.09. The molecule has 0 aromatic carbocycles. The van der Waals surface area contributed by atoms with Gasteiger partial charge in [-0.3, -0.25) is 9.78 Å². The molecular formula is C14H17BrN2O3. The molecular weight excluding hydrogens is 324 g/mol. The minimum absolute atomic E-state index is 0.242. The molecule has 0 radical (unpaired) electrons. The lowest BCUT2D eigenvalue weighted by atomic mass is 10.0. The number of rotatable bonds is 1. The smallest absolute Gasteiger partial charge is 0.417 e. The summed E-state index contributed by atoms with van der Waals surface area (Å²) in [7, 11) is 0. The summed E-state index contributed by atoms with van der Waals surface area (Å²) in [6, 6.07) is 3.64. The number of likely N-dealkylation sites (tertiary alicyclic amines) is 1. The third-order valence-electron chi connectivity index (χ3n) is 2.93. The third kappa shape index (κ3) is 3.36. The maximum Gasteiger partial charge on any atom is 0.417 e. The average Bonchev–Trinajstić information content (AvgIpc) is 2.70. The van der Waals surface area contributed by atoms with Crippen LogP contribution in [0.15, 0.2) is 22.8 Å². The van der Waals surface area contributed by atoms with Gasteiger partial charge in [0.25, 0.3) is 0 Å². The molecule has 20 heavy (non-hydrogen) atoms. The monoisotopic (exact) mass is 340 g/mol. The lowest BCUT2D eigenvalue weighted by Gasteiger charge is -2.23. The molecule has 2 rings (SSSR count). The Bertz CT molecular complexity index is 522. The van der Waals surface area contributed by atoms with Crippen LogP contribution in [-0.4, -0.2) is 34.0 Å². The predicted molar refractivity (Wildman–Crippen MR) is 77.2 cm³/mol. The summed E-state index contributed by atoms with van der Waals surface area (Å²) in [6.45, 7) is 5.70. The van der Waals surface area contributed by atoms with Crippen LogP contribution in [0.5, 0.6) is 0 Å². The van der Waals surface area contributed by atoms with Gasteiger partial charge in [0.15, 0.2) is 0 Å². The van der Waals surface area contributed by atoms with Gasteiger partial charge in [0, 0.05) is 17.2 Å². The van der Waals surface area contributed by atoms with Crippen LogP contribution in [0.3, 0.4) is 0 Å². The van der Waals surface area contributed by atoms with E-state index in [9.17, 15) is 9.59 Å². The Morgan fingerprint density at radius 1 is 1.45 bits per heavy atom. The lowest BCUT2D eigenvalue weighted by molar-refractivity contribution is -0.128. The number of imide groups is 1. The fourth-order valence-electron chi connectivity index (χ4n) is 2.05. The second-order valence-corrected chi connectivity index (χ2v) is 6.63. The molecule has 0 saturated carbocycles. The van der Waals surface area contributed by atoms with Crippen molar-refractivity contribution in [3.8, 4) is 0 Å². The summed E-state index contributed by atoms with van der Waals surface area (Å²) in [5, 5.41) is 0. The van der Waals surface area contributed by atoms with E-state index >= 15 is 0 Å². The van der Waals surface area contributed by atoms with Crippen molar-refractivity contribution in [1.82, 2.24) is 9.88 Å². The Labute approximate surface area is 126 Å². The van der Waals surface area contributed by atoms with Crippen LogP contribution in [0.4, 0.5) is 4.79 Å². The summed E-state index contributed by atoms with van der Waals surface area (Å²) >= 11 is 3.31. The van der Waals surface area contributed by atoms with E-state index in [4.69, 9.17) is 4.74 Å². The highest BCUT2D eigenvalue weighted by Crippen LogP contribution is 2.29. The van der Waals surface area contributed by atoms with Crippen molar-refractivity contribution >= 4 is 27.9 Å². The molecule has 1 atom stereocenters. The van der Waals surface area contributed by atoms with Gasteiger partial charge in [-0.1, -0.05) is 0 Å². The van der Waals surface area contributed by atoms with E-state index in [-0.39, 0.29) is 11.8 Å². The number of carbonyl (C=O) groups excluding carboxylic acids is 2. The molecule has 0 spiro atoms. The first-order valence-electron chi connectivity index (χ1n) is 6.44. The molecule has 1 saturated heterocycles. The zero-order valence-electron chi connectivity index (χ0n) is 11.7. The molecule has 1 fully saturated rings. The highest BCUT2D eigenvalue weighted by molar-refractivity contribution is 9.10. The maximum absolute atomic E-state index is 12.3. The molecule has 0 N–H and O–H groups in total. The molecule has 2 amide bonds. The van der Waals surface area contributed by atoms with Gasteiger partial charge in [-0.2, -0.15) is 0 Å². The standard InChI is InChI=1S/C14H17BrN2O3/c1-14(2,3)20-13(19)17-7-6-10(12(17)18)11-5-4-9(15)8-16-11/h4-5,8,10H,6-7H2,1-3H3. The van der Waals surface area contributed by atoms with E-state index in [0.717, 1.165) is 4.47 Å². The van der Waals surface area contributed by atoms with Crippen molar-refractivity contribution in [2.45, 2.75) is 38.7 Å². The predicted octanol–water partition coefficient (Wildman–Crippen LogP) is 3.10. The zero-order chi connectivity index (χ0) is 14.9. The third-order valence-corrected chi connectivity index (χ3v) is 3.40. The molecule has 2 heterocycles. The van der Waals surface area contributed by atoms with Crippen molar-refractivity contribution in [1.29, 1.82) is 0 Å². The average molecular weight is 341 g/mol. The lowest BCUT2D eigenvalue weighted by Crippen LogP contribution is -2.38. The highest BCUT2D eigenvalue weighted by Gasteiger charge is 2.39. The first-order chi connectivity index (χ1) is 9.28. The van der Waals surface area contributed by atoms with E-state index in [1.807, 2.05) is 6.07 Å². The van der Waals surface area contributed by atoms with Crippen molar-refractivity contribution in [3.63, 3.8) is 0 Å². The second-order valence-electron chi connectivity index (χ2n) is 5.71. The quantitative estimate of drug-likeness (QED) is 0.788. The molecule has 1 aliphatic rings. The molecule has 0 bridgehead atoms. The number of carbonyl (C=O) groups is 2. The van der Waals surface area contributed by atoms with E-state index in [1.165, 1.54) is 4.90 Å². The van der Waals surface area contributed by atoms with Crippen LogP contribution in [0, 0.1) is 0 Å². The van der Waals surface area contributed by atoms with Crippen LogP contribution in [0.25, 0.3) is 0 Å². The van der Waals surface area contributed by atoms with E-state index in [2.05, 4.69) is 20.9 Å². The molecule has 1 unspecified atom stereocenters. The molecule has 0 aliphatic carbocycles. The molecule has 108 valence electrons. The van der Waals surface area contributed by atoms with Gasteiger partial charge in [0.2, 0.25) is 5.91 Å². The summed E-state index contributed by atoms with van der Waals surface area (Å²) in [6.07, 6.45) is 1.65. The van der Waals surface area contributed by atoms with Gasteiger partial charge in [-0.15, -0.1) is 0 Å². The Morgan fingerprint density at radius 3 is 2.70 bits per heavy atom. The number of nitrogens with zero attached hydrogens (tertiary/aromatic N) is 2. The fourth-order valence-corrected chi connectivity index (χ4v) is 2.28. The first kappa shape index (κ1) is 15.0. The van der Waals surface area contributed by atoms with Gasteiger partial charge in [-0.25, -0.2) is 9.69 Å². The highest BCUT2D eigenvalue weighted by atomic mass is 79.9. The largest absolute Gasteiger partial charge is 0.443 e. The van der Waals surface area contributed by atoms with Crippen molar-refractivity contribution < 1.29 is 14.3 Å². The Morgan fingerprint density at radius 2 is 2.15 bits per heavy atom. The number of ether oxygens (including phenoxy) is 1. The fraction of sp³-hybridized carbons (Fsp3) is 0.500. The van der Waals surface area contributed by atoms with Crippen LogP contribution in [0.1, 0.15) is 38.8 Å². The number of pyridine rings is 1. The number of hydrogen-bond acceptors (Lipinski definition) is 4. The van der Waals surface area contributed by atoms with Gasteiger partial charge in [0.1, 0.15) is 5.60 Å². The van der Waals surface area contributed by atoms with Gasteiger partial charge in [-0.05, 0) is 55.3 Å². The van der Waals surface area contributed by atoms with Crippen LogP contribution >= 0.6 is 15.9 Å². The number of halogens is 1. The molecule has 5 nitrogen and oxygen atoms in total. The van der Waals surface area contributed by atoms with Crippen LogP contribution in [0.2, 0.25) is 0 Å². The second kappa shape index (κ2) is 5.52. The topological polar surface area (TPSA) is 59.5 Å². The van der Waals surface area contributed by atoms with Crippen molar-refractivity contribution in [2.24, 2.45) is 0 Å². The molecule has 6 heteroatoms. The number of amides is 2. The minimum Gasteiger partial charge on any atom is -0.443 e. The Balaban J connectivity index is 2.09. The van der Waals surface area contributed by atoms with E-state index in [1.54, 1.807) is 33.0 Å². The first-order valence-corrected chi connectivity index (χ1v) is 7.23. The van der Waals surface area contributed by atoms with Crippen molar-refractivity contribution in [3.05, 3.63) is 28.5 Å². The SMILES string of the molecule is CC(C)(C)OC(=O)N1CCC(c2ccc(Br)cn2)C1=O. The van der Waals surface area contributed by atoms with E-state index in [0.29, 0.717) is 18.7 Å².